The highest BCUT2D eigenvalue weighted by Gasteiger charge is 2.51. The zero-order valence-electron chi connectivity index (χ0n) is 33.0. The van der Waals surface area contributed by atoms with Crippen LogP contribution in [0.1, 0.15) is 49.9 Å². The van der Waals surface area contributed by atoms with Gasteiger partial charge < -0.3 is 14.1 Å². The van der Waals surface area contributed by atoms with E-state index >= 15 is 0 Å². The largest absolute Gasteiger partial charge is 0.456 e. The number of hydrogen-bond donors (Lipinski definition) is 0. The molecule has 0 atom stereocenters. The zero-order valence-corrected chi connectivity index (χ0v) is 33.0. The van der Waals surface area contributed by atoms with Gasteiger partial charge in [-0.25, -0.2) is 0 Å². The Hall–Kier alpha value is -6.78. The van der Waals surface area contributed by atoms with Crippen LogP contribution in [0.3, 0.4) is 0 Å². The summed E-state index contributed by atoms with van der Waals surface area (Å²) in [6.07, 6.45) is 0. The van der Waals surface area contributed by atoms with Crippen LogP contribution in [0.25, 0.3) is 55.3 Å². The molecule has 0 spiro atoms. The highest BCUT2D eigenvalue weighted by atomic mass is 16.3. The van der Waals surface area contributed by atoms with Gasteiger partial charge >= 0.3 is 6.85 Å². The van der Waals surface area contributed by atoms with E-state index in [9.17, 15) is 0 Å². The molecule has 1 aliphatic carbocycles. The van der Waals surface area contributed by atoms with Crippen LogP contribution >= 0.6 is 0 Å². The molecule has 0 fully saturated rings. The van der Waals surface area contributed by atoms with Crippen molar-refractivity contribution >= 4 is 68.1 Å². The molecular weight excluding hydrogens is 703 g/mol. The van der Waals surface area contributed by atoms with E-state index in [1.54, 1.807) is 0 Å². The average Bonchev–Trinajstić information content (AvgIpc) is 3.75. The first-order chi connectivity index (χ1) is 28.3. The first kappa shape index (κ1) is 32.3. The monoisotopic (exact) mass is 742 g/mol. The van der Waals surface area contributed by atoms with Gasteiger partial charge in [-0.1, -0.05) is 161 Å². The Balaban J connectivity index is 1.22. The van der Waals surface area contributed by atoms with Crippen LogP contribution in [0.5, 0.6) is 0 Å². The third-order valence-electron chi connectivity index (χ3n) is 14.0. The molecule has 58 heavy (non-hydrogen) atoms. The summed E-state index contributed by atoms with van der Waals surface area (Å²) in [7, 11) is 0. The molecule has 4 heteroatoms. The van der Waals surface area contributed by atoms with Crippen molar-refractivity contribution in [3.63, 3.8) is 0 Å². The number of rotatable bonds is 2. The number of fused-ring (bicyclic) bond motifs is 13. The van der Waals surface area contributed by atoms with Crippen LogP contribution in [0.2, 0.25) is 0 Å². The molecule has 0 N–H and O–H groups in total. The van der Waals surface area contributed by atoms with Gasteiger partial charge in [0.2, 0.25) is 0 Å². The molecule has 3 aliphatic heterocycles. The maximum Gasteiger partial charge on any atom is 0.333 e. The summed E-state index contributed by atoms with van der Waals surface area (Å²) >= 11 is 0. The van der Waals surface area contributed by atoms with Crippen molar-refractivity contribution in [1.82, 2.24) is 0 Å². The molecule has 274 valence electrons. The minimum atomic E-state index is -0.217. The molecule has 3 nitrogen and oxygen atoms in total. The molecular formula is C54H39BN2O. The minimum absolute atomic E-state index is 0.125. The molecule has 4 heterocycles. The summed E-state index contributed by atoms with van der Waals surface area (Å²) in [5, 5.41) is 2.33. The number of hydrogen-bond acceptors (Lipinski definition) is 3. The maximum absolute atomic E-state index is 6.88. The fraction of sp³-hybridized carbons (Fsp3) is 0.111. The van der Waals surface area contributed by atoms with Crippen molar-refractivity contribution < 1.29 is 4.42 Å². The van der Waals surface area contributed by atoms with Crippen molar-refractivity contribution in [3.8, 4) is 33.4 Å². The van der Waals surface area contributed by atoms with Gasteiger partial charge in [0.15, 0.2) is 0 Å². The molecule has 0 radical (unpaired) electrons. The lowest BCUT2D eigenvalue weighted by atomic mass is 9.42. The molecule has 0 bridgehead atoms. The molecule has 0 saturated carbocycles. The van der Waals surface area contributed by atoms with Gasteiger partial charge in [0, 0.05) is 56.0 Å². The second kappa shape index (κ2) is 11.0. The number of benzene rings is 8. The second-order valence-corrected chi connectivity index (χ2v) is 17.6. The first-order valence-electron chi connectivity index (χ1n) is 20.6. The normalized spacial score (nSPS) is 15.8. The predicted molar refractivity (Wildman–Crippen MR) is 243 cm³/mol. The van der Waals surface area contributed by atoms with Crippen LogP contribution in [0.4, 0.5) is 28.4 Å². The summed E-state index contributed by atoms with van der Waals surface area (Å²) < 4.78 is 6.88. The van der Waals surface area contributed by atoms with E-state index in [4.69, 9.17) is 4.42 Å². The standard InChI is InChI=1S/C54H39BN2O/c1-53(2)39-22-11-12-25-42(39)56-45-31-47-48(37-19-9-13-27-46(37)58-47)49-36-29-28-33(32-16-6-5-7-17-32)30-44(36)57(55(51(45)49)41-24-15-23-40(53)52(41)56)43-26-14-20-35-34-18-8-10-21-38(34)54(3,4)50(35)43/h5-31H,1-4H3. The summed E-state index contributed by atoms with van der Waals surface area (Å²) in [6, 6.07) is 61.1. The zero-order chi connectivity index (χ0) is 38.7. The topological polar surface area (TPSA) is 19.6 Å². The lowest BCUT2D eigenvalue weighted by Gasteiger charge is -2.51. The molecule has 4 aliphatic rings. The van der Waals surface area contributed by atoms with Crippen molar-refractivity contribution in [2.24, 2.45) is 0 Å². The Morgan fingerprint density at radius 2 is 1.19 bits per heavy atom. The van der Waals surface area contributed by atoms with E-state index in [0.29, 0.717) is 0 Å². The van der Waals surface area contributed by atoms with Crippen LogP contribution in [0, 0.1) is 0 Å². The molecule has 0 unspecified atom stereocenters. The van der Waals surface area contributed by atoms with Gasteiger partial charge in [-0.3, -0.25) is 0 Å². The summed E-state index contributed by atoms with van der Waals surface area (Å²) in [6.45, 7) is 9.50. The Kier molecular flexibility index (Phi) is 6.13. The lowest BCUT2D eigenvalue weighted by molar-refractivity contribution is 0.632. The van der Waals surface area contributed by atoms with E-state index < -0.39 is 0 Å². The van der Waals surface area contributed by atoms with Crippen molar-refractivity contribution in [2.45, 2.75) is 38.5 Å². The van der Waals surface area contributed by atoms with Crippen molar-refractivity contribution in [3.05, 3.63) is 186 Å². The summed E-state index contributed by atoms with van der Waals surface area (Å²) in [5.74, 6) is 0. The summed E-state index contributed by atoms with van der Waals surface area (Å²) in [4.78, 5) is 5.30. The van der Waals surface area contributed by atoms with Gasteiger partial charge in [-0.05, 0) is 85.3 Å². The lowest BCUT2D eigenvalue weighted by Crippen LogP contribution is -2.62. The van der Waals surface area contributed by atoms with Crippen LogP contribution < -0.4 is 20.6 Å². The van der Waals surface area contributed by atoms with Crippen LogP contribution in [-0.2, 0) is 10.8 Å². The van der Waals surface area contributed by atoms with E-state index in [1.807, 2.05) is 0 Å². The van der Waals surface area contributed by atoms with Crippen molar-refractivity contribution in [1.29, 1.82) is 0 Å². The minimum Gasteiger partial charge on any atom is -0.456 e. The highest BCUT2D eigenvalue weighted by Crippen LogP contribution is 2.59. The van der Waals surface area contributed by atoms with Gasteiger partial charge in [0.1, 0.15) is 11.2 Å². The fourth-order valence-electron chi connectivity index (χ4n) is 11.5. The molecule has 1 aromatic heterocycles. The highest BCUT2D eigenvalue weighted by molar-refractivity contribution is 6.94. The molecule has 13 rings (SSSR count). The molecule has 0 amide bonds. The van der Waals surface area contributed by atoms with Crippen molar-refractivity contribution in [2.75, 3.05) is 9.71 Å². The Morgan fingerprint density at radius 1 is 0.483 bits per heavy atom. The summed E-state index contributed by atoms with van der Waals surface area (Å²) in [5.41, 5.74) is 23.2. The van der Waals surface area contributed by atoms with Crippen LogP contribution in [-0.4, -0.2) is 6.85 Å². The molecule has 0 saturated heterocycles. The van der Waals surface area contributed by atoms with Gasteiger partial charge in [-0.15, -0.1) is 0 Å². The maximum atomic E-state index is 6.88. The average molecular weight is 743 g/mol. The fourth-order valence-corrected chi connectivity index (χ4v) is 11.5. The molecule has 9 aromatic rings. The van der Waals surface area contributed by atoms with Gasteiger partial charge in [0.25, 0.3) is 0 Å². The Morgan fingerprint density at radius 3 is 2.07 bits per heavy atom. The first-order valence-corrected chi connectivity index (χ1v) is 20.6. The number of para-hydroxylation sites is 3. The number of anilines is 5. The van der Waals surface area contributed by atoms with Gasteiger partial charge in [0.05, 0.1) is 5.69 Å². The van der Waals surface area contributed by atoms with E-state index in [-0.39, 0.29) is 17.7 Å². The third-order valence-corrected chi connectivity index (χ3v) is 14.0. The predicted octanol–water partition coefficient (Wildman–Crippen LogP) is 12.9. The van der Waals surface area contributed by atoms with E-state index in [0.717, 1.165) is 16.6 Å². The third kappa shape index (κ3) is 3.90. The van der Waals surface area contributed by atoms with Gasteiger partial charge in [-0.2, -0.15) is 0 Å². The SMILES string of the molecule is CC1(C)c2ccccc2N2c3cc4oc5ccccc5c4c4c3B(c3cccc1c32)N(c1cccc2c1C(C)(C)c1ccccc1-2)c1cc(-c2ccccc2)ccc1-4. The smallest absolute Gasteiger partial charge is 0.333 e. The van der Waals surface area contributed by atoms with Crippen LogP contribution in [0.15, 0.2) is 168 Å². The Bertz CT molecular complexity index is 3260. The number of nitrogens with zero attached hydrogens (tertiary/aromatic N) is 2. The second-order valence-electron chi connectivity index (χ2n) is 17.6. The Labute approximate surface area is 338 Å². The quantitative estimate of drug-likeness (QED) is 0.164. The molecule has 8 aromatic carbocycles. The van der Waals surface area contributed by atoms with E-state index in [2.05, 4.69) is 201 Å². The van der Waals surface area contributed by atoms with E-state index in [1.165, 1.54) is 100 Å². The number of furan rings is 1.